The van der Waals surface area contributed by atoms with E-state index in [2.05, 4.69) is 43.8 Å². The smallest absolute Gasteiger partial charge is 0.138 e. The molecule has 0 spiro atoms. The van der Waals surface area contributed by atoms with E-state index in [1.807, 2.05) is 31.3 Å². The first-order valence-electron chi connectivity index (χ1n) is 7.71. The number of hydrogen-bond donors (Lipinski definition) is 1. The summed E-state index contributed by atoms with van der Waals surface area (Å²) >= 11 is 1.69. The van der Waals surface area contributed by atoms with Gasteiger partial charge in [0.25, 0.3) is 0 Å². The molecule has 6 nitrogen and oxygen atoms in total. The Labute approximate surface area is 143 Å². The zero-order valence-corrected chi connectivity index (χ0v) is 14.0. The highest BCUT2D eigenvalue weighted by atomic mass is 32.1. The van der Waals surface area contributed by atoms with Crippen LogP contribution in [0.15, 0.2) is 48.8 Å². The van der Waals surface area contributed by atoms with Crippen molar-refractivity contribution in [2.75, 3.05) is 11.9 Å². The number of thiophene rings is 1. The molecule has 3 heterocycles. The van der Waals surface area contributed by atoms with E-state index in [0.717, 1.165) is 34.9 Å². The fourth-order valence-corrected chi connectivity index (χ4v) is 3.63. The first-order valence-corrected chi connectivity index (χ1v) is 8.53. The molecule has 7 heteroatoms. The molecule has 0 fully saturated rings. The summed E-state index contributed by atoms with van der Waals surface area (Å²) in [4.78, 5) is 11.3. The monoisotopic (exact) mass is 336 g/mol. The van der Waals surface area contributed by atoms with Crippen LogP contribution in [0.4, 0.5) is 5.82 Å². The van der Waals surface area contributed by atoms with Crippen LogP contribution in [0.5, 0.6) is 0 Å². The highest BCUT2D eigenvalue weighted by Gasteiger charge is 2.11. The predicted molar refractivity (Wildman–Crippen MR) is 96.1 cm³/mol. The van der Waals surface area contributed by atoms with Gasteiger partial charge in [-0.15, -0.1) is 16.4 Å². The number of benzene rings is 1. The van der Waals surface area contributed by atoms with Crippen molar-refractivity contribution < 1.29 is 0 Å². The van der Waals surface area contributed by atoms with E-state index in [9.17, 15) is 0 Å². The fourth-order valence-electron chi connectivity index (χ4n) is 2.55. The largest absolute Gasteiger partial charge is 0.368 e. The molecule has 1 N–H and O–H groups in total. The third kappa shape index (κ3) is 2.98. The number of hydrogen-bond acceptors (Lipinski definition) is 6. The second kappa shape index (κ2) is 6.37. The average Bonchev–Trinajstić information content (AvgIpc) is 3.25. The van der Waals surface area contributed by atoms with Crippen LogP contribution in [0.3, 0.4) is 0 Å². The number of nitrogens with one attached hydrogen (secondary N) is 1. The minimum absolute atomic E-state index is 0.728. The minimum atomic E-state index is 0.728. The molecular formula is C17H16N6S. The summed E-state index contributed by atoms with van der Waals surface area (Å²) < 4.78 is 1.79. The lowest BCUT2D eigenvalue weighted by atomic mass is 10.2. The van der Waals surface area contributed by atoms with Crippen molar-refractivity contribution in [2.24, 2.45) is 0 Å². The van der Waals surface area contributed by atoms with Gasteiger partial charge in [-0.05, 0) is 18.6 Å². The molecule has 4 aromatic rings. The number of nitrogens with zero attached hydrogens (tertiary/aromatic N) is 5. The Bertz CT molecular complexity index is 946. The quantitative estimate of drug-likeness (QED) is 0.605. The van der Waals surface area contributed by atoms with Crippen molar-refractivity contribution in [1.82, 2.24) is 25.0 Å². The molecule has 24 heavy (non-hydrogen) atoms. The van der Waals surface area contributed by atoms with Crippen molar-refractivity contribution in [3.05, 3.63) is 54.6 Å². The third-order valence-electron chi connectivity index (χ3n) is 3.67. The van der Waals surface area contributed by atoms with Gasteiger partial charge in [-0.1, -0.05) is 35.5 Å². The molecule has 0 aliphatic rings. The van der Waals surface area contributed by atoms with Crippen molar-refractivity contribution in [3.63, 3.8) is 0 Å². The van der Waals surface area contributed by atoms with Gasteiger partial charge >= 0.3 is 0 Å². The highest BCUT2D eigenvalue weighted by molar-refractivity contribution is 7.21. The van der Waals surface area contributed by atoms with Crippen LogP contribution in [0.2, 0.25) is 0 Å². The lowest BCUT2D eigenvalue weighted by Crippen LogP contribution is -2.12. The molecule has 0 atom stereocenters. The second-order valence-electron chi connectivity index (χ2n) is 5.41. The Morgan fingerprint density at radius 1 is 1.17 bits per heavy atom. The number of rotatable bonds is 5. The zero-order chi connectivity index (χ0) is 16.4. The molecule has 0 bridgehead atoms. The van der Waals surface area contributed by atoms with E-state index in [-0.39, 0.29) is 0 Å². The topological polar surface area (TPSA) is 68.5 Å². The maximum atomic E-state index is 4.58. The summed E-state index contributed by atoms with van der Waals surface area (Å²) in [5, 5.41) is 12.2. The van der Waals surface area contributed by atoms with Crippen LogP contribution >= 0.6 is 11.3 Å². The first kappa shape index (κ1) is 14.8. The van der Waals surface area contributed by atoms with Crippen LogP contribution < -0.4 is 5.32 Å². The summed E-state index contributed by atoms with van der Waals surface area (Å²) in [5.74, 6) is 1.64. The van der Waals surface area contributed by atoms with E-state index < -0.39 is 0 Å². The van der Waals surface area contributed by atoms with E-state index in [1.54, 1.807) is 22.2 Å². The molecule has 4 rings (SSSR count). The minimum Gasteiger partial charge on any atom is -0.368 e. The van der Waals surface area contributed by atoms with Crippen LogP contribution in [0.25, 0.3) is 20.7 Å². The Morgan fingerprint density at radius 3 is 2.83 bits per heavy atom. The Kier molecular flexibility index (Phi) is 3.92. The molecule has 0 unspecified atom stereocenters. The van der Waals surface area contributed by atoms with Gasteiger partial charge in [-0.25, -0.2) is 9.97 Å². The SMILES string of the molecule is Cc1nc(NCCn2ccnn2)c2cc(-c3ccccc3)sc2n1. The van der Waals surface area contributed by atoms with Gasteiger partial charge in [0.1, 0.15) is 16.5 Å². The van der Waals surface area contributed by atoms with Gasteiger partial charge < -0.3 is 5.32 Å². The maximum Gasteiger partial charge on any atom is 0.138 e. The van der Waals surface area contributed by atoms with Crippen LogP contribution in [0, 0.1) is 6.92 Å². The van der Waals surface area contributed by atoms with Crippen molar-refractivity contribution in [3.8, 4) is 10.4 Å². The third-order valence-corrected chi connectivity index (χ3v) is 4.75. The van der Waals surface area contributed by atoms with Crippen molar-refractivity contribution in [1.29, 1.82) is 0 Å². The Morgan fingerprint density at radius 2 is 2.04 bits per heavy atom. The molecule has 3 aromatic heterocycles. The van der Waals surface area contributed by atoms with Crippen LogP contribution in [-0.2, 0) is 6.54 Å². The average molecular weight is 336 g/mol. The van der Waals surface area contributed by atoms with E-state index >= 15 is 0 Å². The van der Waals surface area contributed by atoms with Crippen LogP contribution in [-0.4, -0.2) is 31.5 Å². The predicted octanol–water partition coefficient (Wildman–Crippen LogP) is 3.37. The summed E-state index contributed by atoms with van der Waals surface area (Å²) in [6.45, 7) is 3.38. The first-order chi connectivity index (χ1) is 11.8. The van der Waals surface area contributed by atoms with Crippen molar-refractivity contribution in [2.45, 2.75) is 13.5 Å². The van der Waals surface area contributed by atoms with E-state index in [1.165, 1.54) is 10.4 Å². The lowest BCUT2D eigenvalue weighted by molar-refractivity contribution is 0.608. The van der Waals surface area contributed by atoms with Gasteiger partial charge in [-0.3, -0.25) is 4.68 Å². The molecular weight excluding hydrogens is 320 g/mol. The number of anilines is 1. The highest BCUT2D eigenvalue weighted by Crippen LogP contribution is 2.35. The summed E-state index contributed by atoms with van der Waals surface area (Å²) in [7, 11) is 0. The summed E-state index contributed by atoms with van der Waals surface area (Å²) in [6, 6.07) is 12.5. The van der Waals surface area contributed by atoms with Crippen molar-refractivity contribution >= 4 is 27.4 Å². The molecule has 1 aromatic carbocycles. The Balaban J connectivity index is 1.63. The molecule has 0 radical (unpaired) electrons. The second-order valence-corrected chi connectivity index (χ2v) is 6.44. The fraction of sp³-hybridized carbons (Fsp3) is 0.176. The number of aryl methyl sites for hydroxylation is 1. The molecule has 0 saturated carbocycles. The van der Waals surface area contributed by atoms with E-state index in [0.29, 0.717) is 0 Å². The number of fused-ring (bicyclic) bond motifs is 1. The van der Waals surface area contributed by atoms with Gasteiger partial charge in [0.05, 0.1) is 18.1 Å². The molecule has 0 aliphatic heterocycles. The zero-order valence-electron chi connectivity index (χ0n) is 13.2. The standard InChI is InChI=1S/C17H16N6S/c1-12-20-16(18-7-9-23-10-8-19-22-23)14-11-15(24-17(14)21-12)13-5-3-2-4-6-13/h2-6,8,10-11H,7,9H2,1H3,(H,18,20,21). The van der Waals surface area contributed by atoms with E-state index in [4.69, 9.17) is 0 Å². The summed E-state index contributed by atoms with van der Waals surface area (Å²) in [5.41, 5.74) is 1.20. The van der Waals surface area contributed by atoms with Gasteiger partial charge in [-0.2, -0.15) is 0 Å². The number of aromatic nitrogens is 5. The molecule has 0 amide bonds. The Hall–Kier alpha value is -2.80. The van der Waals surface area contributed by atoms with Gasteiger partial charge in [0.2, 0.25) is 0 Å². The lowest BCUT2D eigenvalue weighted by Gasteiger charge is -2.07. The molecule has 120 valence electrons. The molecule has 0 aliphatic carbocycles. The van der Waals surface area contributed by atoms with Crippen LogP contribution in [0.1, 0.15) is 5.82 Å². The van der Waals surface area contributed by atoms with Gasteiger partial charge in [0.15, 0.2) is 0 Å². The van der Waals surface area contributed by atoms with Gasteiger partial charge in [0, 0.05) is 17.6 Å². The normalized spacial score (nSPS) is 11.0. The maximum absolute atomic E-state index is 4.58. The molecule has 0 saturated heterocycles. The summed E-state index contributed by atoms with van der Waals surface area (Å²) in [6.07, 6.45) is 3.53.